The number of methoxy groups -OCH3 is 1. The summed E-state index contributed by atoms with van der Waals surface area (Å²) in [6.07, 6.45) is 0. The van der Waals surface area contributed by atoms with Gasteiger partial charge in [0.2, 0.25) is 0 Å². The minimum Gasteiger partial charge on any atom is -0.497 e. The van der Waals surface area contributed by atoms with Crippen LogP contribution in [-0.4, -0.2) is 36.8 Å². The van der Waals surface area contributed by atoms with Gasteiger partial charge in [0.15, 0.2) is 0 Å². The van der Waals surface area contributed by atoms with E-state index in [1.807, 2.05) is 78.9 Å². The van der Waals surface area contributed by atoms with Crippen molar-refractivity contribution in [3.63, 3.8) is 0 Å². The number of hydrogen-bond donors (Lipinski definition) is 2. The van der Waals surface area contributed by atoms with Gasteiger partial charge in [-0.05, 0) is 78.9 Å². The highest BCUT2D eigenvalue weighted by Gasteiger charge is 2.16. The van der Waals surface area contributed by atoms with E-state index in [2.05, 4.69) is 42.5 Å². The summed E-state index contributed by atoms with van der Waals surface area (Å²) in [7, 11) is -2.99. The summed E-state index contributed by atoms with van der Waals surface area (Å²) in [5.74, 6) is 0.871. The number of fused-ring (bicyclic) bond motifs is 6. The van der Waals surface area contributed by atoms with Crippen LogP contribution in [0.1, 0.15) is 0 Å². The molecule has 0 amide bonds. The smallest absolute Gasteiger partial charge is 0.497 e. The molecular weight excluding hydrogens is 683 g/mol. The molecular formula is C43H29N4O5P. The van der Waals surface area contributed by atoms with Gasteiger partial charge in [-0.15, -0.1) is 0 Å². The van der Waals surface area contributed by atoms with Crippen LogP contribution < -0.4 is 9.26 Å². The zero-order chi connectivity index (χ0) is 36.1. The van der Waals surface area contributed by atoms with Crippen molar-refractivity contribution in [2.24, 2.45) is 0 Å². The molecule has 0 spiro atoms. The predicted molar refractivity (Wildman–Crippen MR) is 209 cm³/mol. The van der Waals surface area contributed by atoms with Gasteiger partial charge in [0.05, 0.1) is 52.0 Å². The Morgan fingerprint density at radius 1 is 0.434 bits per heavy atom. The van der Waals surface area contributed by atoms with Gasteiger partial charge in [0.1, 0.15) is 11.5 Å². The van der Waals surface area contributed by atoms with Gasteiger partial charge < -0.3 is 9.26 Å². The highest BCUT2D eigenvalue weighted by molar-refractivity contribution is 7.46. The van der Waals surface area contributed by atoms with Crippen molar-refractivity contribution >= 4 is 51.4 Å². The number of benzene rings is 5. The Kier molecular flexibility index (Phi) is 7.90. The van der Waals surface area contributed by atoms with E-state index < -0.39 is 7.82 Å². The molecule has 0 aliphatic carbocycles. The lowest BCUT2D eigenvalue weighted by Gasteiger charge is -2.10. The van der Waals surface area contributed by atoms with Gasteiger partial charge in [-0.25, -0.2) is 24.5 Å². The van der Waals surface area contributed by atoms with Crippen molar-refractivity contribution < 1.29 is 23.6 Å². The number of nitrogens with zero attached hydrogens (tertiary/aromatic N) is 4. The Balaban J connectivity index is 1.09. The second kappa shape index (κ2) is 12.9. The number of hydrogen-bond acceptors (Lipinski definition) is 7. The largest absolute Gasteiger partial charge is 0.524 e. The molecule has 0 bridgehead atoms. The van der Waals surface area contributed by atoms with Crippen LogP contribution in [-0.2, 0) is 4.57 Å². The lowest BCUT2D eigenvalue weighted by atomic mass is 10.0. The van der Waals surface area contributed by atoms with E-state index in [0.717, 1.165) is 88.7 Å². The molecule has 0 saturated heterocycles. The van der Waals surface area contributed by atoms with E-state index in [1.54, 1.807) is 19.2 Å². The first kappa shape index (κ1) is 32.4. The summed E-state index contributed by atoms with van der Waals surface area (Å²) in [6.45, 7) is 0. The van der Waals surface area contributed by atoms with E-state index in [0.29, 0.717) is 5.69 Å². The second-order valence-electron chi connectivity index (χ2n) is 12.6. The van der Waals surface area contributed by atoms with Crippen molar-refractivity contribution in [1.82, 2.24) is 19.9 Å². The fourth-order valence-corrected chi connectivity index (χ4v) is 7.00. The van der Waals surface area contributed by atoms with Crippen molar-refractivity contribution in [2.75, 3.05) is 7.11 Å². The molecule has 256 valence electrons. The van der Waals surface area contributed by atoms with E-state index in [1.165, 1.54) is 12.1 Å². The zero-order valence-electron chi connectivity index (χ0n) is 28.2. The molecule has 0 fully saturated rings. The molecule has 10 heteroatoms. The molecule has 0 atom stereocenters. The molecule has 2 N–H and O–H groups in total. The summed E-state index contributed by atoms with van der Waals surface area (Å²) in [6, 6.07) is 47.0. The molecule has 0 radical (unpaired) electrons. The van der Waals surface area contributed by atoms with Crippen LogP contribution in [0.2, 0.25) is 0 Å². The second-order valence-corrected chi connectivity index (χ2v) is 13.8. The third-order valence-electron chi connectivity index (χ3n) is 9.25. The topological polar surface area (TPSA) is 128 Å². The van der Waals surface area contributed by atoms with Crippen molar-refractivity contribution in [1.29, 1.82) is 0 Å². The number of ether oxygens (including phenoxy) is 1. The number of rotatable bonds is 7. The molecule has 5 aromatic carbocycles. The average molecular weight is 713 g/mol. The first-order valence-corrected chi connectivity index (χ1v) is 18.3. The summed E-state index contributed by atoms with van der Waals surface area (Å²) < 4.78 is 21.3. The highest BCUT2D eigenvalue weighted by Crippen LogP contribution is 2.38. The minimum atomic E-state index is -4.65. The Labute approximate surface area is 303 Å². The van der Waals surface area contributed by atoms with Crippen LogP contribution in [0, 0.1) is 0 Å². The standard InChI is InChI=1S/C43H29N4O5P/c1-51-34-17-9-26(10-18-34)36-21-13-28-5-7-30-15-23-38(46-42(30)40(28)44-36)32-3-2-4-33(25-32)39-24-16-31-8-6-29-14-22-37(45-41(29)43(31)47-39)27-11-19-35(20-12-27)52-53(48,49)50/h2-25H,1H3,(H2,48,49,50). The average Bonchev–Trinajstić information content (AvgIpc) is 3.19. The van der Waals surface area contributed by atoms with Gasteiger partial charge in [-0.2, -0.15) is 0 Å². The number of pyridine rings is 4. The Hall–Kier alpha value is -6.51. The number of phosphoric ester groups is 1. The van der Waals surface area contributed by atoms with E-state index in [9.17, 15) is 4.57 Å². The summed E-state index contributed by atoms with van der Waals surface area (Å²) in [4.78, 5) is 38.6. The lowest BCUT2D eigenvalue weighted by Crippen LogP contribution is -1.93. The molecule has 0 saturated carbocycles. The minimum absolute atomic E-state index is 0.0737. The molecule has 9 nitrogen and oxygen atoms in total. The molecule has 0 aliphatic rings. The summed E-state index contributed by atoms with van der Waals surface area (Å²) in [5.41, 5.74) is 10.1. The van der Waals surface area contributed by atoms with Crippen LogP contribution in [0.4, 0.5) is 0 Å². The number of phosphoric acid groups is 1. The molecule has 0 unspecified atom stereocenters. The Morgan fingerprint density at radius 2 is 0.774 bits per heavy atom. The van der Waals surface area contributed by atoms with Gasteiger partial charge in [-0.1, -0.05) is 66.7 Å². The van der Waals surface area contributed by atoms with Crippen molar-refractivity contribution in [3.05, 3.63) is 146 Å². The SMILES string of the molecule is COc1ccc(-c2ccc3ccc4ccc(-c5cccc(-c6ccc7ccc8ccc(-c9ccc(OP(=O)(O)O)cc9)nc8c7n6)c5)nc4c3n2)cc1. The summed E-state index contributed by atoms with van der Waals surface area (Å²) in [5, 5.41) is 3.93. The lowest BCUT2D eigenvalue weighted by molar-refractivity contribution is 0.283. The molecule has 9 aromatic rings. The van der Waals surface area contributed by atoms with Gasteiger partial charge in [-0.3, -0.25) is 9.79 Å². The predicted octanol–water partition coefficient (Wildman–Crippen LogP) is 10.0. The first-order chi connectivity index (χ1) is 25.8. The monoisotopic (exact) mass is 712 g/mol. The normalized spacial score (nSPS) is 11.8. The number of aromatic nitrogens is 4. The van der Waals surface area contributed by atoms with Crippen LogP contribution >= 0.6 is 7.82 Å². The fraction of sp³-hybridized carbons (Fsp3) is 0.0233. The quantitative estimate of drug-likeness (QED) is 0.123. The maximum atomic E-state index is 11.2. The van der Waals surface area contributed by atoms with Crippen LogP contribution in [0.25, 0.3) is 88.6 Å². The van der Waals surface area contributed by atoms with Crippen LogP contribution in [0.5, 0.6) is 11.5 Å². The van der Waals surface area contributed by atoms with E-state index in [-0.39, 0.29) is 5.75 Å². The van der Waals surface area contributed by atoms with Crippen LogP contribution in [0.3, 0.4) is 0 Å². The Morgan fingerprint density at radius 3 is 1.13 bits per heavy atom. The molecule has 0 aliphatic heterocycles. The molecule has 4 aromatic heterocycles. The maximum absolute atomic E-state index is 11.2. The van der Waals surface area contributed by atoms with Gasteiger partial charge in [0, 0.05) is 43.8 Å². The highest BCUT2D eigenvalue weighted by atomic mass is 31.2. The molecule has 53 heavy (non-hydrogen) atoms. The fourth-order valence-electron chi connectivity index (χ4n) is 6.60. The van der Waals surface area contributed by atoms with Crippen molar-refractivity contribution in [2.45, 2.75) is 0 Å². The third kappa shape index (κ3) is 6.34. The maximum Gasteiger partial charge on any atom is 0.524 e. The summed E-state index contributed by atoms with van der Waals surface area (Å²) >= 11 is 0. The van der Waals surface area contributed by atoms with E-state index >= 15 is 0 Å². The Bertz CT molecular complexity index is 2910. The molecule has 9 rings (SSSR count). The molecule has 4 heterocycles. The van der Waals surface area contributed by atoms with Gasteiger partial charge in [0.25, 0.3) is 0 Å². The van der Waals surface area contributed by atoms with Gasteiger partial charge >= 0.3 is 7.82 Å². The third-order valence-corrected chi connectivity index (χ3v) is 9.70. The first-order valence-electron chi connectivity index (χ1n) is 16.8. The van der Waals surface area contributed by atoms with Crippen molar-refractivity contribution in [3.8, 4) is 56.5 Å². The van der Waals surface area contributed by atoms with E-state index in [4.69, 9.17) is 39.0 Å². The van der Waals surface area contributed by atoms with Crippen LogP contribution in [0.15, 0.2) is 146 Å². The zero-order valence-corrected chi connectivity index (χ0v) is 29.1.